The Hall–Kier alpha value is -1.56. The lowest BCUT2D eigenvalue weighted by Crippen LogP contribution is -2.29. The first-order chi connectivity index (χ1) is 9.17. The molecule has 0 aromatic carbocycles. The number of nitrogens with zero attached hydrogens (tertiary/aromatic N) is 2. The summed E-state index contributed by atoms with van der Waals surface area (Å²) in [7, 11) is 0. The van der Waals surface area contributed by atoms with Gasteiger partial charge in [-0.2, -0.15) is 5.10 Å². The van der Waals surface area contributed by atoms with Crippen LogP contribution in [0, 0.1) is 5.92 Å². The minimum atomic E-state index is -0.100. The molecule has 0 bridgehead atoms. The van der Waals surface area contributed by atoms with Gasteiger partial charge >= 0.3 is 0 Å². The third-order valence-corrected chi connectivity index (χ3v) is 3.70. The molecule has 0 spiro atoms. The van der Waals surface area contributed by atoms with Gasteiger partial charge in [0.25, 0.3) is 5.91 Å². The van der Waals surface area contributed by atoms with E-state index in [2.05, 4.69) is 17.1 Å². The Morgan fingerprint density at radius 3 is 3.11 bits per heavy atom. The molecule has 2 heterocycles. The maximum Gasteiger partial charge on any atom is 0.276 e. The molecule has 0 aliphatic carbocycles. The molecule has 1 amide bonds. The number of carbonyl (C=O) groups is 1. The third kappa shape index (κ3) is 2.89. The van der Waals surface area contributed by atoms with Gasteiger partial charge in [0.2, 0.25) is 0 Å². The summed E-state index contributed by atoms with van der Waals surface area (Å²) in [5.41, 5.74) is 7.64. The van der Waals surface area contributed by atoms with E-state index in [1.165, 1.54) is 0 Å². The number of nitrogen functional groups attached to an aromatic ring is 1. The van der Waals surface area contributed by atoms with Crippen LogP contribution in [-0.4, -0.2) is 45.8 Å². The van der Waals surface area contributed by atoms with Gasteiger partial charge in [0.1, 0.15) is 0 Å². The molecule has 0 radical (unpaired) electrons. The van der Waals surface area contributed by atoms with Gasteiger partial charge < -0.3 is 15.7 Å². The second-order valence-electron chi connectivity index (χ2n) is 5.13. The molecule has 1 aromatic heterocycles. The van der Waals surface area contributed by atoms with Crippen molar-refractivity contribution >= 4 is 11.6 Å². The average Bonchev–Trinajstić information content (AvgIpc) is 2.98. The summed E-state index contributed by atoms with van der Waals surface area (Å²) < 4.78 is 0. The number of carbonyl (C=O) groups excluding carboxylic acids is 1. The van der Waals surface area contributed by atoms with Gasteiger partial charge in [-0.1, -0.05) is 13.3 Å². The van der Waals surface area contributed by atoms with Gasteiger partial charge in [-0.3, -0.25) is 9.89 Å². The van der Waals surface area contributed by atoms with Gasteiger partial charge in [0.15, 0.2) is 5.69 Å². The first-order valence-electron chi connectivity index (χ1n) is 6.90. The number of likely N-dealkylation sites (tertiary alicyclic amines) is 1. The number of aromatic amines is 1. The van der Waals surface area contributed by atoms with Crippen LogP contribution < -0.4 is 5.73 Å². The Morgan fingerprint density at radius 2 is 2.42 bits per heavy atom. The maximum absolute atomic E-state index is 12.3. The summed E-state index contributed by atoms with van der Waals surface area (Å²) in [6.07, 6.45) is 3.46. The van der Waals surface area contributed by atoms with E-state index in [1.807, 2.05) is 0 Å². The Morgan fingerprint density at radius 1 is 1.63 bits per heavy atom. The van der Waals surface area contributed by atoms with Gasteiger partial charge in [-0.05, 0) is 25.2 Å². The summed E-state index contributed by atoms with van der Waals surface area (Å²) in [6.45, 7) is 3.65. The molecule has 2 rings (SSSR count). The minimum absolute atomic E-state index is 0.100. The first kappa shape index (κ1) is 13.9. The zero-order valence-corrected chi connectivity index (χ0v) is 11.4. The van der Waals surface area contributed by atoms with Gasteiger partial charge in [0, 0.05) is 19.7 Å². The summed E-state index contributed by atoms with van der Waals surface area (Å²) in [5, 5.41) is 15.8. The number of anilines is 1. The van der Waals surface area contributed by atoms with E-state index in [-0.39, 0.29) is 12.5 Å². The fourth-order valence-corrected chi connectivity index (χ4v) is 2.58. The van der Waals surface area contributed by atoms with Crippen molar-refractivity contribution in [3.05, 3.63) is 11.4 Å². The van der Waals surface area contributed by atoms with Crippen LogP contribution in [0.3, 0.4) is 0 Å². The van der Waals surface area contributed by atoms with E-state index in [1.54, 1.807) is 4.90 Å². The Balaban J connectivity index is 2.04. The van der Waals surface area contributed by atoms with E-state index in [0.717, 1.165) is 37.9 Å². The smallest absolute Gasteiger partial charge is 0.276 e. The van der Waals surface area contributed by atoms with Crippen LogP contribution in [-0.2, 0) is 6.42 Å². The number of aliphatic hydroxyl groups excluding tert-OH is 1. The summed E-state index contributed by atoms with van der Waals surface area (Å²) in [4.78, 5) is 14.1. The van der Waals surface area contributed by atoms with Crippen LogP contribution in [0.5, 0.6) is 0 Å². The largest absolute Gasteiger partial charge is 0.396 e. The molecule has 1 atom stereocenters. The molecule has 6 heteroatoms. The monoisotopic (exact) mass is 266 g/mol. The molecule has 0 saturated carbocycles. The van der Waals surface area contributed by atoms with E-state index in [9.17, 15) is 4.79 Å². The first-order valence-corrected chi connectivity index (χ1v) is 6.90. The van der Waals surface area contributed by atoms with Crippen LogP contribution >= 0.6 is 0 Å². The van der Waals surface area contributed by atoms with E-state index in [4.69, 9.17) is 10.8 Å². The number of nitrogens with one attached hydrogen (secondary N) is 1. The fourth-order valence-electron chi connectivity index (χ4n) is 2.58. The standard InChI is InChI=1S/C13H22N4O2/c1-2-3-10-11(14)12(16-15-10)13(19)17-6-4-9(8-17)5-7-18/h9,18H,2-8,14H2,1H3,(H,15,16). The quantitative estimate of drug-likeness (QED) is 0.734. The number of amides is 1. The normalized spacial score (nSPS) is 19.1. The highest BCUT2D eigenvalue weighted by Gasteiger charge is 2.29. The fraction of sp³-hybridized carbons (Fsp3) is 0.692. The lowest BCUT2D eigenvalue weighted by Gasteiger charge is -2.15. The number of nitrogens with two attached hydrogens (primary N) is 1. The highest BCUT2D eigenvalue weighted by Crippen LogP contribution is 2.23. The summed E-state index contributed by atoms with van der Waals surface area (Å²) in [5.74, 6) is 0.292. The van der Waals surface area contributed by atoms with E-state index in [0.29, 0.717) is 23.8 Å². The molecule has 4 N–H and O–H groups in total. The van der Waals surface area contributed by atoms with Gasteiger partial charge in [-0.15, -0.1) is 0 Å². The molecule has 1 unspecified atom stereocenters. The molecular formula is C13H22N4O2. The van der Waals surface area contributed by atoms with Crippen LogP contribution in [0.25, 0.3) is 0 Å². The number of aryl methyl sites for hydroxylation is 1. The summed E-state index contributed by atoms with van der Waals surface area (Å²) in [6, 6.07) is 0. The number of rotatable bonds is 5. The molecule has 19 heavy (non-hydrogen) atoms. The predicted molar refractivity (Wildman–Crippen MR) is 72.7 cm³/mol. The number of hydrogen-bond acceptors (Lipinski definition) is 4. The zero-order valence-electron chi connectivity index (χ0n) is 11.4. The lowest BCUT2D eigenvalue weighted by atomic mass is 10.1. The maximum atomic E-state index is 12.3. The Kier molecular flexibility index (Phi) is 4.42. The number of aromatic nitrogens is 2. The van der Waals surface area contributed by atoms with Crippen molar-refractivity contribution in [2.24, 2.45) is 5.92 Å². The van der Waals surface area contributed by atoms with Crippen molar-refractivity contribution in [3.63, 3.8) is 0 Å². The molecule has 1 fully saturated rings. The molecule has 6 nitrogen and oxygen atoms in total. The third-order valence-electron chi connectivity index (χ3n) is 3.70. The van der Waals surface area contributed by atoms with Crippen molar-refractivity contribution in [2.45, 2.75) is 32.6 Å². The van der Waals surface area contributed by atoms with E-state index < -0.39 is 0 Å². The highest BCUT2D eigenvalue weighted by molar-refractivity contribution is 5.97. The predicted octanol–water partition coefficient (Wildman–Crippen LogP) is 0.789. The average molecular weight is 266 g/mol. The topological polar surface area (TPSA) is 95.2 Å². The minimum Gasteiger partial charge on any atom is -0.396 e. The lowest BCUT2D eigenvalue weighted by molar-refractivity contribution is 0.0780. The van der Waals surface area contributed by atoms with Gasteiger partial charge in [0.05, 0.1) is 11.4 Å². The van der Waals surface area contributed by atoms with Gasteiger partial charge in [-0.25, -0.2) is 0 Å². The summed E-state index contributed by atoms with van der Waals surface area (Å²) >= 11 is 0. The SMILES string of the molecule is CCCc1[nH]nc(C(=O)N2CCC(CCO)C2)c1N. The molecule has 1 saturated heterocycles. The molecule has 1 aliphatic rings. The Bertz CT molecular complexity index is 444. The zero-order chi connectivity index (χ0) is 13.8. The molecular weight excluding hydrogens is 244 g/mol. The van der Waals surface area contributed by atoms with Crippen molar-refractivity contribution in [1.82, 2.24) is 15.1 Å². The van der Waals surface area contributed by atoms with E-state index >= 15 is 0 Å². The Labute approximate surface area is 113 Å². The van der Waals surface area contributed by atoms with Crippen molar-refractivity contribution in [3.8, 4) is 0 Å². The van der Waals surface area contributed by atoms with Crippen LogP contribution in [0.4, 0.5) is 5.69 Å². The van der Waals surface area contributed by atoms with Crippen LogP contribution in [0.1, 0.15) is 42.4 Å². The van der Waals surface area contributed by atoms with Crippen molar-refractivity contribution < 1.29 is 9.90 Å². The number of hydrogen-bond donors (Lipinski definition) is 3. The molecule has 1 aromatic rings. The second kappa shape index (κ2) is 6.06. The van der Waals surface area contributed by atoms with Crippen molar-refractivity contribution in [1.29, 1.82) is 0 Å². The molecule has 1 aliphatic heterocycles. The highest BCUT2D eigenvalue weighted by atomic mass is 16.3. The van der Waals surface area contributed by atoms with Crippen molar-refractivity contribution in [2.75, 3.05) is 25.4 Å². The van der Waals surface area contributed by atoms with Crippen LogP contribution in [0.15, 0.2) is 0 Å². The second-order valence-corrected chi connectivity index (χ2v) is 5.13. The number of H-pyrrole nitrogens is 1. The van der Waals surface area contributed by atoms with Crippen LogP contribution in [0.2, 0.25) is 0 Å². The molecule has 106 valence electrons. The number of aliphatic hydroxyl groups is 1.